The van der Waals surface area contributed by atoms with Gasteiger partial charge in [0.2, 0.25) is 10.0 Å². The van der Waals surface area contributed by atoms with Crippen molar-refractivity contribution < 1.29 is 8.42 Å². The molecule has 1 heterocycles. The second-order valence-electron chi connectivity index (χ2n) is 6.98. The van der Waals surface area contributed by atoms with Crippen LogP contribution in [0.4, 0.5) is 0 Å². The molecule has 2 rings (SSSR count). The van der Waals surface area contributed by atoms with Crippen LogP contribution < -0.4 is 5.32 Å². The SMILES string of the molecule is CNCCC1CCN(S(=O)(=O)c2ccc(CC(C)C)cc2)CC1. The average Bonchev–Trinajstić information content (AvgIpc) is 2.53. The monoisotopic (exact) mass is 338 g/mol. The molecule has 5 heteroatoms. The lowest BCUT2D eigenvalue weighted by atomic mass is 9.95. The standard InChI is InChI=1S/C18H30N2O2S/c1-15(2)14-17-4-6-18(7-5-17)23(21,22)20-12-9-16(10-13-20)8-11-19-3/h4-7,15-16,19H,8-14H2,1-3H3. The summed E-state index contributed by atoms with van der Waals surface area (Å²) in [6, 6.07) is 7.43. The fraction of sp³-hybridized carbons (Fsp3) is 0.667. The molecule has 0 radical (unpaired) electrons. The molecule has 0 bridgehead atoms. The number of nitrogens with one attached hydrogen (secondary N) is 1. The largest absolute Gasteiger partial charge is 0.320 e. The fourth-order valence-electron chi connectivity index (χ4n) is 3.20. The Morgan fingerprint density at radius 3 is 2.30 bits per heavy atom. The van der Waals surface area contributed by atoms with Crippen molar-refractivity contribution >= 4 is 10.0 Å². The number of sulfonamides is 1. The zero-order chi connectivity index (χ0) is 16.9. The number of hydrogen-bond donors (Lipinski definition) is 1. The van der Waals surface area contributed by atoms with Gasteiger partial charge >= 0.3 is 0 Å². The normalized spacial score (nSPS) is 17.7. The predicted octanol–water partition coefficient (Wildman–Crippen LogP) is 2.90. The summed E-state index contributed by atoms with van der Waals surface area (Å²) < 4.78 is 27.2. The van der Waals surface area contributed by atoms with Gasteiger partial charge in [-0.25, -0.2) is 8.42 Å². The molecule has 1 aromatic rings. The third kappa shape index (κ3) is 5.03. The van der Waals surface area contributed by atoms with E-state index in [0.29, 0.717) is 29.8 Å². The van der Waals surface area contributed by atoms with Gasteiger partial charge in [-0.2, -0.15) is 4.31 Å². The molecule has 1 fully saturated rings. The Morgan fingerprint density at radius 2 is 1.78 bits per heavy atom. The van der Waals surface area contributed by atoms with Gasteiger partial charge in [0.05, 0.1) is 4.90 Å². The maximum atomic E-state index is 12.8. The summed E-state index contributed by atoms with van der Waals surface area (Å²) in [6.07, 6.45) is 4.05. The van der Waals surface area contributed by atoms with Gasteiger partial charge in [-0.05, 0) is 68.8 Å². The number of benzene rings is 1. The van der Waals surface area contributed by atoms with Gasteiger partial charge in [0.1, 0.15) is 0 Å². The molecule has 1 aromatic carbocycles. The first-order valence-electron chi connectivity index (χ1n) is 8.67. The molecule has 0 spiro atoms. The highest BCUT2D eigenvalue weighted by Gasteiger charge is 2.29. The maximum absolute atomic E-state index is 12.8. The van der Waals surface area contributed by atoms with E-state index in [0.717, 1.165) is 32.2 Å². The molecule has 130 valence electrons. The smallest absolute Gasteiger partial charge is 0.243 e. The summed E-state index contributed by atoms with van der Waals surface area (Å²) in [7, 11) is -1.37. The first-order chi connectivity index (χ1) is 10.9. The lowest BCUT2D eigenvalue weighted by Crippen LogP contribution is -2.38. The number of piperidine rings is 1. The molecule has 0 saturated carbocycles. The van der Waals surface area contributed by atoms with E-state index in [1.165, 1.54) is 5.56 Å². The summed E-state index contributed by atoms with van der Waals surface area (Å²) in [4.78, 5) is 0.429. The van der Waals surface area contributed by atoms with Crippen molar-refractivity contribution in [1.82, 2.24) is 9.62 Å². The van der Waals surface area contributed by atoms with E-state index in [2.05, 4.69) is 19.2 Å². The van der Waals surface area contributed by atoms with E-state index >= 15 is 0 Å². The van der Waals surface area contributed by atoms with Crippen molar-refractivity contribution in [2.75, 3.05) is 26.7 Å². The summed E-state index contributed by atoms with van der Waals surface area (Å²) in [5.74, 6) is 1.22. The van der Waals surface area contributed by atoms with E-state index in [4.69, 9.17) is 0 Å². The van der Waals surface area contributed by atoms with E-state index in [-0.39, 0.29) is 0 Å². The summed E-state index contributed by atoms with van der Waals surface area (Å²) in [6.45, 7) is 6.63. The molecular formula is C18H30N2O2S. The molecule has 1 aliphatic rings. The van der Waals surface area contributed by atoms with Crippen molar-refractivity contribution in [1.29, 1.82) is 0 Å². The van der Waals surface area contributed by atoms with Gasteiger partial charge < -0.3 is 5.32 Å². The van der Waals surface area contributed by atoms with E-state index in [1.54, 1.807) is 16.4 Å². The van der Waals surface area contributed by atoms with E-state index in [9.17, 15) is 8.42 Å². The van der Waals surface area contributed by atoms with Crippen molar-refractivity contribution in [2.24, 2.45) is 11.8 Å². The average molecular weight is 339 g/mol. The molecule has 0 unspecified atom stereocenters. The third-order valence-corrected chi connectivity index (χ3v) is 6.49. The van der Waals surface area contributed by atoms with Crippen LogP contribution in [-0.4, -0.2) is 39.4 Å². The Balaban J connectivity index is 1.99. The quantitative estimate of drug-likeness (QED) is 0.832. The highest BCUT2D eigenvalue weighted by molar-refractivity contribution is 7.89. The lowest BCUT2D eigenvalue weighted by Gasteiger charge is -2.31. The number of nitrogens with zero attached hydrogens (tertiary/aromatic N) is 1. The topological polar surface area (TPSA) is 49.4 Å². The second kappa shape index (κ2) is 8.27. The number of rotatable bonds is 7. The van der Waals surface area contributed by atoms with Crippen molar-refractivity contribution in [3.05, 3.63) is 29.8 Å². The predicted molar refractivity (Wildman–Crippen MR) is 95.0 cm³/mol. The first kappa shape index (κ1) is 18.4. The molecule has 1 aliphatic heterocycles. The Bertz CT molecular complexity index is 574. The highest BCUT2D eigenvalue weighted by atomic mass is 32.2. The van der Waals surface area contributed by atoms with Crippen LogP contribution in [0.15, 0.2) is 29.2 Å². The van der Waals surface area contributed by atoms with Gasteiger partial charge in [-0.3, -0.25) is 0 Å². The summed E-state index contributed by atoms with van der Waals surface area (Å²) in [5, 5.41) is 3.17. The van der Waals surface area contributed by atoms with Crippen LogP contribution in [-0.2, 0) is 16.4 Å². The Hall–Kier alpha value is -0.910. The molecule has 0 aromatic heterocycles. The molecule has 1 saturated heterocycles. The van der Waals surface area contributed by atoms with Gasteiger partial charge in [-0.15, -0.1) is 0 Å². The molecule has 1 N–H and O–H groups in total. The van der Waals surface area contributed by atoms with Gasteiger partial charge in [-0.1, -0.05) is 26.0 Å². The molecule has 0 atom stereocenters. The Morgan fingerprint density at radius 1 is 1.17 bits per heavy atom. The van der Waals surface area contributed by atoms with Gasteiger partial charge in [0.25, 0.3) is 0 Å². The molecule has 0 aliphatic carbocycles. The second-order valence-corrected chi connectivity index (χ2v) is 8.92. The minimum Gasteiger partial charge on any atom is -0.320 e. The summed E-state index contributed by atoms with van der Waals surface area (Å²) >= 11 is 0. The van der Waals surface area contributed by atoms with Crippen LogP contribution in [0, 0.1) is 11.8 Å². The maximum Gasteiger partial charge on any atom is 0.243 e. The summed E-state index contributed by atoms with van der Waals surface area (Å²) in [5.41, 5.74) is 1.20. The van der Waals surface area contributed by atoms with Gasteiger partial charge in [0.15, 0.2) is 0 Å². The van der Waals surface area contributed by atoms with E-state index < -0.39 is 10.0 Å². The van der Waals surface area contributed by atoms with E-state index in [1.807, 2.05) is 19.2 Å². The third-order valence-electron chi connectivity index (χ3n) is 4.58. The number of hydrogen-bond acceptors (Lipinski definition) is 3. The van der Waals surface area contributed by atoms with Crippen LogP contribution in [0.1, 0.15) is 38.7 Å². The molecular weight excluding hydrogens is 308 g/mol. The minimum absolute atomic E-state index is 0.429. The molecule has 0 amide bonds. The Kier molecular flexibility index (Phi) is 6.62. The Labute approximate surface area is 141 Å². The van der Waals surface area contributed by atoms with Crippen LogP contribution >= 0.6 is 0 Å². The van der Waals surface area contributed by atoms with Crippen LogP contribution in [0.3, 0.4) is 0 Å². The molecule has 23 heavy (non-hydrogen) atoms. The van der Waals surface area contributed by atoms with Crippen molar-refractivity contribution in [2.45, 2.75) is 44.4 Å². The van der Waals surface area contributed by atoms with Crippen LogP contribution in [0.25, 0.3) is 0 Å². The highest BCUT2D eigenvalue weighted by Crippen LogP contribution is 2.25. The lowest BCUT2D eigenvalue weighted by molar-refractivity contribution is 0.263. The zero-order valence-electron chi connectivity index (χ0n) is 14.6. The van der Waals surface area contributed by atoms with Crippen LogP contribution in [0.5, 0.6) is 0 Å². The molecule has 4 nitrogen and oxygen atoms in total. The first-order valence-corrected chi connectivity index (χ1v) is 10.1. The van der Waals surface area contributed by atoms with Crippen molar-refractivity contribution in [3.63, 3.8) is 0 Å². The van der Waals surface area contributed by atoms with Crippen LogP contribution in [0.2, 0.25) is 0 Å². The fourth-order valence-corrected chi connectivity index (χ4v) is 4.67. The van der Waals surface area contributed by atoms with Crippen molar-refractivity contribution in [3.8, 4) is 0 Å². The minimum atomic E-state index is -3.33. The van der Waals surface area contributed by atoms with Gasteiger partial charge in [0, 0.05) is 13.1 Å². The zero-order valence-corrected chi connectivity index (χ0v) is 15.4.